The second kappa shape index (κ2) is 13.3. The molecule has 0 aromatic carbocycles. The lowest BCUT2D eigenvalue weighted by molar-refractivity contribution is 0.282. The largest absolute Gasteiger partial charge is 0.357 e. The third-order valence-corrected chi connectivity index (χ3v) is 6.31. The van der Waals surface area contributed by atoms with Gasteiger partial charge in [-0.1, -0.05) is 13.3 Å². The van der Waals surface area contributed by atoms with Crippen molar-refractivity contribution >= 4 is 40.7 Å². The van der Waals surface area contributed by atoms with E-state index in [2.05, 4.69) is 43.4 Å². The highest BCUT2D eigenvalue weighted by atomic mass is 127. The lowest BCUT2D eigenvalue weighted by atomic mass is 9.95. The molecular weight excluding hydrogens is 435 g/mol. The van der Waals surface area contributed by atoms with E-state index in [1.54, 1.807) is 0 Å². The van der Waals surface area contributed by atoms with Crippen LogP contribution in [-0.2, 0) is 10.8 Å². The number of rotatable bonds is 8. The molecule has 1 fully saturated rings. The Morgan fingerprint density at radius 3 is 2.62 bits per heavy atom. The van der Waals surface area contributed by atoms with Crippen LogP contribution < -0.4 is 10.6 Å². The summed E-state index contributed by atoms with van der Waals surface area (Å²) in [6.45, 7) is 11.1. The standard InChI is InChI=1S/C17H36N4OS.HI/c1-6-18-17(19-11-12-21(5)14(3)4)20-15-9-8-10-16(13-15)23(22)7-2;/h14-16H,6-13H2,1-5H3,(H2,18,19,20);1H. The maximum Gasteiger partial charge on any atom is 0.191 e. The van der Waals surface area contributed by atoms with E-state index >= 15 is 0 Å². The van der Waals surface area contributed by atoms with Crippen LogP contribution in [0.4, 0.5) is 0 Å². The van der Waals surface area contributed by atoms with Crippen molar-refractivity contribution in [2.75, 3.05) is 32.4 Å². The van der Waals surface area contributed by atoms with Crippen molar-refractivity contribution in [3.05, 3.63) is 0 Å². The van der Waals surface area contributed by atoms with E-state index in [4.69, 9.17) is 4.99 Å². The Balaban J connectivity index is 0.00000529. The SMILES string of the molecule is CCNC(=NCCN(C)C(C)C)NC1CCCC(S(=O)CC)C1.I. The zero-order valence-electron chi connectivity index (χ0n) is 16.0. The van der Waals surface area contributed by atoms with Crippen molar-refractivity contribution in [2.24, 2.45) is 4.99 Å². The van der Waals surface area contributed by atoms with Gasteiger partial charge in [0.2, 0.25) is 0 Å². The summed E-state index contributed by atoms with van der Waals surface area (Å²) < 4.78 is 12.1. The summed E-state index contributed by atoms with van der Waals surface area (Å²) in [4.78, 5) is 7.00. The van der Waals surface area contributed by atoms with E-state index in [-0.39, 0.29) is 24.0 Å². The summed E-state index contributed by atoms with van der Waals surface area (Å²) in [5.74, 6) is 1.67. The Morgan fingerprint density at radius 1 is 1.33 bits per heavy atom. The van der Waals surface area contributed by atoms with Crippen LogP contribution in [0.3, 0.4) is 0 Å². The van der Waals surface area contributed by atoms with E-state index in [1.807, 2.05) is 6.92 Å². The fraction of sp³-hybridized carbons (Fsp3) is 0.941. The normalized spacial score (nSPS) is 23.0. The number of aliphatic imine (C=N–C) groups is 1. The molecular formula is C17H37IN4OS. The Hall–Kier alpha value is 0.110. The molecule has 0 spiro atoms. The van der Waals surface area contributed by atoms with Crippen molar-refractivity contribution in [3.63, 3.8) is 0 Å². The van der Waals surface area contributed by atoms with E-state index in [1.165, 1.54) is 0 Å². The van der Waals surface area contributed by atoms with Gasteiger partial charge < -0.3 is 15.5 Å². The zero-order chi connectivity index (χ0) is 17.2. The first-order valence-electron chi connectivity index (χ1n) is 9.10. The van der Waals surface area contributed by atoms with Gasteiger partial charge in [0.1, 0.15) is 0 Å². The minimum Gasteiger partial charge on any atom is -0.357 e. The molecule has 0 bridgehead atoms. The van der Waals surface area contributed by atoms with Crippen molar-refractivity contribution in [3.8, 4) is 0 Å². The summed E-state index contributed by atoms with van der Waals surface area (Å²) in [6, 6.07) is 0.939. The third kappa shape index (κ3) is 8.99. The van der Waals surface area contributed by atoms with Gasteiger partial charge in [-0.05, 0) is 47.1 Å². The van der Waals surface area contributed by atoms with Gasteiger partial charge in [0.25, 0.3) is 0 Å². The highest BCUT2D eigenvalue weighted by Gasteiger charge is 2.25. The van der Waals surface area contributed by atoms with Crippen molar-refractivity contribution in [1.29, 1.82) is 0 Å². The van der Waals surface area contributed by atoms with E-state index in [0.717, 1.165) is 57.0 Å². The van der Waals surface area contributed by atoms with Crippen LogP contribution >= 0.6 is 24.0 Å². The average Bonchev–Trinajstić information content (AvgIpc) is 2.54. The molecule has 2 N–H and O–H groups in total. The minimum atomic E-state index is -0.676. The molecule has 0 aromatic heterocycles. The van der Waals surface area contributed by atoms with Crippen molar-refractivity contribution in [2.45, 2.75) is 70.7 Å². The molecule has 1 rings (SSSR count). The van der Waals surface area contributed by atoms with E-state index in [9.17, 15) is 4.21 Å². The van der Waals surface area contributed by atoms with Gasteiger partial charge in [-0.25, -0.2) is 0 Å². The summed E-state index contributed by atoms with van der Waals surface area (Å²) in [6.07, 6.45) is 4.40. The maximum atomic E-state index is 12.1. The molecule has 5 nitrogen and oxygen atoms in total. The number of nitrogens with one attached hydrogen (secondary N) is 2. The number of guanidine groups is 1. The molecule has 1 saturated carbocycles. The summed E-state index contributed by atoms with van der Waals surface area (Å²) in [7, 11) is 1.45. The van der Waals surface area contributed by atoms with Crippen LogP contribution in [0.5, 0.6) is 0 Å². The van der Waals surface area contributed by atoms with Crippen LogP contribution in [0.15, 0.2) is 4.99 Å². The average molecular weight is 472 g/mol. The molecule has 7 heteroatoms. The Morgan fingerprint density at radius 2 is 2.04 bits per heavy atom. The third-order valence-electron chi connectivity index (χ3n) is 4.57. The predicted molar refractivity (Wildman–Crippen MR) is 117 cm³/mol. The molecule has 1 aliphatic rings. The molecule has 0 aliphatic heterocycles. The van der Waals surface area contributed by atoms with Crippen LogP contribution in [-0.4, -0.2) is 64.8 Å². The second-order valence-corrected chi connectivity index (χ2v) is 8.64. The fourth-order valence-electron chi connectivity index (χ4n) is 2.84. The quantitative estimate of drug-likeness (QED) is 0.324. The van der Waals surface area contributed by atoms with Crippen molar-refractivity contribution < 1.29 is 4.21 Å². The molecule has 3 atom stereocenters. The fourth-order valence-corrected chi connectivity index (χ4v) is 4.19. The summed E-state index contributed by atoms with van der Waals surface area (Å²) in [5.41, 5.74) is 0. The smallest absolute Gasteiger partial charge is 0.191 e. The first-order chi connectivity index (χ1) is 11.0. The molecule has 144 valence electrons. The van der Waals surface area contributed by atoms with Crippen LogP contribution in [0.1, 0.15) is 53.4 Å². The minimum absolute atomic E-state index is 0. The monoisotopic (exact) mass is 472 g/mol. The van der Waals surface area contributed by atoms with Crippen molar-refractivity contribution in [1.82, 2.24) is 15.5 Å². The summed E-state index contributed by atoms with van der Waals surface area (Å²) in [5, 5.41) is 7.24. The van der Waals surface area contributed by atoms with Crippen LogP contribution in [0.25, 0.3) is 0 Å². The van der Waals surface area contributed by atoms with E-state index in [0.29, 0.717) is 17.3 Å². The topological polar surface area (TPSA) is 56.7 Å². The second-order valence-electron chi connectivity index (χ2n) is 6.63. The first kappa shape index (κ1) is 24.1. The molecule has 1 aliphatic carbocycles. The number of halogens is 1. The number of nitrogens with zero attached hydrogens (tertiary/aromatic N) is 2. The van der Waals surface area contributed by atoms with Gasteiger partial charge in [-0.3, -0.25) is 9.20 Å². The number of hydrogen-bond acceptors (Lipinski definition) is 3. The molecule has 3 unspecified atom stereocenters. The Labute approximate surface area is 168 Å². The number of hydrogen-bond donors (Lipinski definition) is 2. The van der Waals surface area contributed by atoms with E-state index < -0.39 is 10.8 Å². The van der Waals surface area contributed by atoms with Crippen LogP contribution in [0, 0.1) is 0 Å². The molecule has 0 saturated heterocycles. The zero-order valence-corrected chi connectivity index (χ0v) is 19.2. The van der Waals surface area contributed by atoms with Crippen LogP contribution in [0.2, 0.25) is 0 Å². The van der Waals surface area contributed by atoms with Gasteiger partial charge in [-0.15, -0.1) is 24.0 Å². The highest BCUT2D eigenvalue weighted by Crippen LogP contribution is 2.22. The molecule has 0 aromatic rings. The predicted octanol–water partition coefficient (Wildman–Crippen LogP) is 2.58. The number of likely N-dealkylation sites (N-methyl/N-ethyl adjacent to an activating group) is 1. The van der Waals surface area contributed by atoms with Gasteiger partial charge in [-0.2, -0.15) is 0 Å². The molecule has 0 heterocycles. The highest BCUT2D eigenvalue weighted by molar-refractivity contribution is 14.0. The van der Waals surface area contributed by atoms with Gasteiger partial charge in [0.05, 0.1) is 6.54 Å². The molecule has 0 radical (unpaired) electrons. The van der Waals surface area contributed by atoms with Gasteiger partial charge in [0.15, 0.2) is 5.96 Å². The Kier molecular flexibility index (Phi) is 13.4. The maximum absolute atomic E-state index is 12.1. The lowest BCUT2D eigenvalue weighted by Crippen LogP contribution is -2.47. The summed E-state index contributed by atoms with van der Waals surface area (Å²) >= 11 is 0. The molecule has 24 heavy (non-hydrogen) atoms. The lowest BCUT2D eigenvalue weighted by Gasteiger charge is -2.30. The van der Waals surface area contributed by atoms with Gasteiger partial charge >= 0.3 is 0 Å². The molecule has 0 amide bonds. The first-order valence-corrected chi connectivity index (χ1v) is 10.5. The Bertz CT molecular complexity index is 393. The van der Waals surface area contributed by atoms with Gasteiger partial charge in [0, 0.05) is 47.0 Å².